The van der Waals surface area contributed by atoms with Crippen LogP contribution in [0.5, 0.6) is 5.75 Å². The predicted molar refractivity (Wildman–Crippen MR) is 108 cm³/mol. The Hall–Kier alpha value is -3.75. The van der Waals surface area contributed by atoms with E-state index < -0.39 is 0 Å². The molecule has 0 spiro atoms. The summed E-state index contributed by atoms with van der Waals surface area (Å²) in [7, 11) is 1.84. The fraction of sp³-hybridized carbons (Fsp3) is 0.238. The lowest BCUT2D eigenvalue weighted by Gasteiger charge is -2.13. The molecular weight excluding hydrogens is 387 g/mol. The van der Waals surface area contributed by atoms with E-state index >= 15 is 0 Å². The van der Waals surface area contributed by atoms with E-state index in [0.717, 1.165) is 28.3 Å². The molecule has 0 amide bonds. The Morgan fingerprint density at radius 2 is 2.23 bits per heavy atom. The monoisotopic (exact) mass is 406 g/mol. The zero-order valence-corrected chi connectivity index (χ0v) is 16.5. The van der Waals surface area contributed by atoms with E-state index in [9.17, 15) is 9.18 Å². The van der Waals surface area contributed by atoms with Crippen LogP contribution >= 0.6 is 0 Å². The quantitative estimate of drug-likeness (QED) is 0.513. The van der Waals surface area contributed by atoms with Gasteiger partial charge in [-0.2, -0.15) is 5.10 Å². The predicted octanol–water partition coefficient (Wildman–Crippen LogP) is 2.94. The number of anilines is 1. The van der Waals surface area contributed by atoms with Gasteiger partial charge in [0, 0.05) is 43.5 Å². The molecule has 3 aromatic heterocycles. The molecule has 0 saturated carbocycles. The van der Waals surface area contributed by atoms with Gasteiger partial charge >= 0.3 is 0 Å². The molecule has 0 radical (unpaired) electrons. The topological polar surface area (TPSA) is 86.3 Å². The van der Waals surface area contributed by atoms with Crippen molar-refractivity contribution in [2.45, 2.75) is 19.9 Å². The highest BCUT2D eigenvalue weighted by Gasteiger charge is 2.20. The number of benzene rings is 1. The standard InChI is InChI=1S/C21H19FN6O2/c1-12-7-18(27(2)26-12)16-9-24-21(28-10-13(11-29)25-20(16)28)23-8-15-14-5-6-30-19(14)4-3-17(15)22/h3-4,7,9-11H,5-6,8H2,1-2H3,(H,23,24). The third kappa shape index (κ3) is 2.90. The van der Waals surface area contributed by atoms with Crippen LogP contribution < -0.4 is 10.1 Å². The molecule has 8 nitrogen and oxygen atoms in total. The van der Waals surface area contributed by atoms with Crippen LogP contribution in [0.25, 0.3) is 16.9 Å². The Bertz CT molecular complexity index is 1290. The van der Waals surface area contributed by atoms with Crippen LogP contribution in [0.2, 0.25) is 0 Å². The van der Waals surface area contributed by atoms with E-state index in [1.54, 1.807) is 27.5 Å². The van der Waals surface area contributed by atoms with Crippen LogP contribution in [0.4, 0.5) is 10.3 Å². The molecule has 0 fully saturated rings. The molecule has 1 aliphatic heterocycles. The van der Waals surface area contributed by atoms with Crippen molar-refractivity contribution in [3.63, 3.8) is 0 Å². The molecule has 0 unspecified atom stereocenters. The minimum absolute atomic E-state index is 0.235. The van der Waals surface area contributed by atoms with Crippen molar-refractivity contribution in [2.24, 2.45) is 7.05 Å². The van der Waals surface area contributed by atoms with Gasteiger partial charge in [0.25, 0.3) is 0 Å². The number of hydrogen-bond acceptors (Lipinski definition) is 6. The summed E-state index contributed by atoms with van der Waals surface area (Å²) in [5.41, 5.74) is 4.74. The van der Waals surface area contributed by atoms with Crippen LogP contribution in [-0.2, 0) is 20.0 Å². The largest absolute Gasteiger partial charge is 0.493 e. The van der Waals surface area contributed by atoms with E-state index in [1.807, 2.05) is 20.0 Å². The number of aldehydes is 1. The Kier molecular flexibility index (Phi) is 4.23. The highest BCUT2D eigenvalue weighted by atomic mass is 19.1. The first-order valence-electron chi connectivity index (χ1n) is 9.56. The summed E-state index contributed by atoms with van der Waals surface area (Å²) in [6.45, 7) is 2.69. The fourth-order valence-corrected chi connectivity index (χ4v) is 3.90. The summed E-state index contributed by atoms with van der Waals surface area (Å²) in [5.74, 6) is 0.896. The molecule has 0 aliphatic carbocycles. The first kappa shape index (κ1) is 18.3. The summed E-state index contributed by atoms with van der Waals surface area (Å²) in [6, 6.07) is 5.01. The van der Waals surface area contributed by atoms with Crippen molar-refractivity contribution in [1.82, 2.24) is 24.1 Å². The highest BCUT2D eigenvalue weighted by Crippen LogP contribution is 2.31. The Morgan fingerprint density at radius 3 is 3.00 bits per heavy atom. The van der Waals surface area contributed by atoms with E-state index in [-0.39, 0.29) is 18.1 Å². The lowest BCUT2D eigenvalue weighted by atomic mass is 10.0. The van der Waals surface area contributed by atoms with Gasteiger partial charge in [-0.05, 0) is 25.1 Å². The summed E-state index contributed by atoms with van der Waals surface area (Å²) in [4.78, 5) is 20.3. The average Bonchev–Trinajstić information content (AvgIpc) is 3.45. The zero-order valence-electron chi connectivity index (χ0n) is 16.5. The molecular formula is C21H19FN6O2. The molecule has 4 aromatic rings. The maximum absolute atomic E-state index is 14.5. The average molecular weight is 406 g/mol. The van der Waals surface area contributed by atoms with Gasteiger partial charge in [-0.1, -0.05) is 0 Å². The summed E-state index contributed by atoms with van der Waals surface area (Å²) < 4.78 is 23.5. The van der Waals surface area contributed by atoms with E-state index in [1.165, 1.54) is 6.07 Å². The van der Waals surface area contributed by atoms with Gasteiger partial charge in [0.2, 0.25) is 5.95 Å². The van der Waals surface area contributed by atoms with E-state index in [2.05, 4.69) is 20.4 Å². The lowest BCUT2D eigenvalue weighted by Crippen LogP contribution is -2.10. The van der Waals surface area contributed by atoms with Crippen LogP contribution in [0.3, 0.4) is 0 Å². The second-order valence-corrected chi connectivity index (χ2v) is 7.22. The number of rotatable bonds is 5. The maximum atomic E-state index is 14.5. The molecule has 5 rings (SSSR count). The van der Waals surface area contributed by atoms with Gasteiger partial charge in [0.1, 0.15) is 17.3 Å². The molecule has 1 N–H and O–H groups in total. The molecule has 0 saturated heterocycles. The van der Waals surface area contributed by atoms with Gasteiger partial charge in [0.15, 0.2) is 11.9 Å². The molecule has 1 aliphatic rings. The third-order valence-corrected chi connectivity index (χ3v) is 5.27. The Balaban J connectivity index is 1.56. The van der Waals surface area contributed by atoms with Gasteiger partial charge in [-0.25, -0.2) is 14.4 Å². The van der Waals surface area contributed by atoms with Crippen molar-refractivity contribution < 1.29 is 13.9 Å². The summed E-state index contributed by atoms with van der Waals surface area (Å²) >= 11 is 0. The number of carbonyl (C=O) groups excluding carboxylic acids is 1. The van der Waals surface area contributed by atoms with Crippen molar-refractivity contribution in [1.29, 1.82) is 0 Å². The highest BCUT2D eigenvalue weighted by molar-refractivity contribution is 5.80. The van der Waals surface area contributed by atoms with Gasteiger partial charge in [-0.3, -0.25) is 13.9 Å². The fourth-order valence-electron chi connectivity index (χ4n) is 3.90. The maximum Gasteiger partial charge on any atom is 0.208 e. The number of nitrogens with one attached hydrogen (secondary N) is 1. The van der Waals surface area contributed by atoms with Crippen molar-refractivity contribution in [3.05, 3.63) is 58.9 Å². The minimum atomic E-state index is -0.288. The first-order valence-corrected chi connectivity index (χ1v) is 9.56. The number of carbonyl (C=O) groups is 1. The molecule has 30 heavy (non-hydrogen) atoms. The third-order valence-electron chi connectivity index (χ3n) is 5.27. The second-order valence-electron chi connectivity index (χ2n) is 7.22. The number of aryl methyl sites for hydroxylation is 2. The Labute approximate surface area is 171 Å². The molecule has 1 aromatic carbocycles. The number of hydrogen-bond donors (Lipinski definition) is 1. The number of ether oxygens (including phenoxy) is 1. The van der Waals surface area contributed by atoms with Crippen molar-refractivity contribution in [3.8, 4) is 17.0 Å². The molecule has 0 atom stereocenters. The van der Waals surface area contributed by atoms with E-state index in [0.29, 0.717) is 36.5 Å². The van der Waals surface area contributed by atoms with Crippen LogP contribution in [-0.4, -0.2) is 37.0 Å². The molecule has 152 valence electrons. The normalized spacial score (nSPS) is 12.8. The number of aromatic nitrogens is 5. The molecule has 4 heterocycles. The van der Waals surface area contributed by atoms with Crippen molar-refractivity contribution >= 4 is 17.9 Å². The zero-order chi connectivity index (χ0) is 20.8. The number of nitrogens with zero attached hydrogens (tertiary/aromatic N) is 5. The van der Waals surface area contributed by atoms with Gasteiger partial charge in [-0.15, -0.1) is 0 Å². The molecule has 9 heteroatoms. The number of imidazole rings is 1. The Morgan fingerprint density at radius 1 is 1.37 bits per heavy atom. The van der Waals surface area contributed by atoms with Gasteiger partial charge < -0.3 is 10.1 Å². The van der Waals surface area contributed by atoms with Crippen molar-refractivity contribution in [2.75, 3.05) is 11.9 Å². The number of halogens is 1. The summed E-state index contributed by atoms with van der Waals surface area (Å²) in [5, 5.41) is 7.56. The smallest absolute Gasteiger partial charge is 0.208 e. The minimum Gasteiger partial charge on any atom is -0.493 e. The number of fused-ring (bicyclic) bond motifs is 2. The summed E-state index contributed by atoms with van der Waals surface area (Å²) in [6.07, 6.45) is 4.66. The van der Waals surface area contributed by atoms with Crippen LogP contribution in [0, 0.1) is 12.7 Å². The van der Waals surface area contributed by atoms with Gasteiger partial charge in [0.05, 0.1) is 23.6 Å². The van der Waals surface area contributed by atoms with Crippen LogP contribution in [0.1, 0.15) is 27.3 Å². The first-order chi connectivity index (χ1) is 14.5. The van der Waals surface area contributed by atoms with Crippen LogP contribution in [0.15, 0.2) is 30.6 Å². The lowest BCUT2D eigenvalue weighted by molar-refractivity contribution is 0.111. The van der Waals surface area contributed by atoms with E-state index in [4.69, 9.17) is 4.74 Å². The SMILES string of the molecule is Cc1cc(-c2cnc(NCc3c(F)ccc4c3CCO4)n3cc(C=O)nc23)n(C)n1. The second kappa shape index (κ2) is 6.94. The molecule has 0 bridgehead atoms.